The maximum atomic E-state index is 6.02. The number of aromatic nitrogens is 2. The minimum absolute atomic E-state index is 0.0764. The van der Waals surface area contributed by atoms with Crippen LogP contribution in [0.25, 0.3) is 0 Å². The van der Waals surface area contributed by atoms with Crippen molar-refractivity contribution in [2.75, 3.05) is 6.61 Å². The van der Waals surface area contributed by atoms with Gasteiger partial charge in [-0.1, -0.05) is 23.4 Å². The minimum Gasteiger partial charge on any atom is -0.493 e. The van der Waals surface area contributed by atoms with Gasteiger partial charge >= 0.3 is 0 Å². The summed E-state index contributed by atoms with van der Waals surface area (Å²) >= 11 is 0. The lowest BCUT2D eigenvalue weighted by Crippen LogP contribution is -2.14. The maximum Gasteiger partial charge on any atom is 0.230 e. The quantitative estimate of drug-likeness (QED) is 0.859. The van der Waals surface area contributed by atoms with Gasteiger partial charge in [-0.25, -0.2) is 0 Å². The molecule has 100 valence electrons. The van der Waals surface area contributed by atoms with E-state index in [1.54, 1.807) is 0 Å². The van der Waals surface area contributed by atoms with Gasteiger partial charge in [0.25, 0.3) is 0 Å². The monoisotopic (exact) mass is 259 g/mol. The van der Waals surface area contributed by atoms with E-state index in [-0.39, 0.29) is 6.04 Å². The van der Waals surface area contributed by atoms with E-state index in [0.29, 0.717) is 30.7 Å². The molecule has 1 aliphatic rings. The zero-order valence-electron chi connectivity index (χ0n) is 10.7. The standard InChI is InChI=1S/C14H17N3O2/c15-13(10-6-7-10)14-16-12(19-17-14)8-9-18-11-4-2-1-3-5-11/h1-5,10,13H,6-9,15H2. The highest BCUT2D eigenvalue weighted by Crippen LogP contribution is 2.38. The van der Waals surface area contributed by atoms with Gasteiger partial charge in [0.05, 0.1) is 19.1 Å². The smallest absolute Gasteiger partial charge is 0.230 e. The predicted molar refractivity (Wildman–Crippen MR) is 69.6 cm³/mol. The van der Waals surface area contributed by atoms with Crippen molar-refractivity contribution < 1.29 is 9.26 Å². The topological polar surface area (TPSA) is 74.2 Å². The molecule has 1 aromatic carbocycles. The first kappa shape index (κ1) is 12.2. The van der Waals surface area contributed by atoms with E-state index in [4.69, 9.17) is 15.0 Å². The normalized spacial score (nSPS) is 16.3. The second-order valence-electron chi connectivity index (χ2n) is 4.82. The highest BCUT2D eigenvalue weighted by atomic mass is 16.5. The molecule has 19 heavy (non-hydrogen) atoms. The fourth-order valence-corrected chi connectivity index (χ4v) is 1.94. The number of ether oxygens (including phenoxy) is 1. The molecule has 0 aliphatic heterocycles. The van der Waals surface area contributed by atoms with Crippen LogP contribution in [0.4, 0.5) is 0 Å². The molecule has 5 nitrogen and oxygen atoms in total. The molecule has 1 saturated carbocycles. The lowest BCUT2D eigenvalue weighted by atomic mass is 10.2. The Morgan fingerprint density at radius 2 is 2.11 bits per heavy atom. The molecule has 1 heterocycles. The van der Waals surface area contributed by atoms with Gasteiger partial charge in [-0.15, -0.1) is 0 Å². The van der Waals surface area contributed by atoms with E-state index in [9.17, 15) is 0 Å². The molecule has 0 saturated heterocycles. The van der Waals surface area contributed by atoms with Crippen LogP contribution in [0.1, 0.15) is 30.6 Å². The van der Waals surface area contributed by atoms with Crippen molar-refractivity contribution in [1.82, 2.24) is 10.1 Å². The molecule has 3 rings (SSSR count). The summed E-state index contributed by atoms with van der Waals surface area (Å²) in [6.07, 6.45) is 2.93. The Kier molecular flexibility index (Phi) is 3.46. The highest BCUT2D eigenvalue weighted by molar-refractivity contribution is 5.20. The Bertz CT molecular complexity index is 522. The molecule has 2 aromatic rings. The van der Waals surface area contributed by atoms with Crippen LogP contribution in [0.15, 0.2) is 34.9 Å². The van der Waals surface area contributed by atoms with Gasteiger partial charge in [0, 0.05) is 0 Å². The van der Waals surface area contributed by atoms with Crippen molar-refractivity contribution in [1.29, 1.82) is 0 Å². The zero-order valence-corrected chi connectivity index (χ0v) is 10.7. The average Bonchev–Trinajstić information content (AvgIpc) is 3.19. The first-order valence-corrected chi connectivity index (χ1v) is 6.59. The van der Waals surface area contributed by atoms with Crippen LogP contribution in [0.5, 0.6) is 5.75 Å². The van der Waals surface area contributed by atoms with Crippen molar-refractivity contribution in [3.8, 4) is 5.75 Å². The zero-order chi connectivity index (χ0) is 13.1. The number of hydrogen-bond donors (Lipinski definition) is 1. The van der Waals surface area contributed by atoms with Crippen molar-refractivity contribution >= 4 is 0 Å². The van der Waals surface area contributed by atoms with Crippen molar-refractivity contribution in [3.05, 3.63) is 42.0 Å². The Balaban J connectivity index is 1.50. The van der Waals surface area contributed by atoms with E-state index in [1.165, 1.54) is 12.8 Å². The molecular weight excluding hydrogens is 242 g/mol. The SMILES string of the molecule is NC(c1noc(CCOc2ccccc2)n1)C1CC1. The maximum absolute atomic E-state index is 6.02. The molecule has 1 fully saturated rings. The van der Waals surface area contributed by atoms with Crippen LogP contribution in [-0.4, -0.2) is 16.7 Å². The van der Waals surface area contributed by atoms with E-state index in [0.717, 1.165) is 5.75 Å². The molecule has 0 amide bonds. The van der Waals surface area contributed by atoms with Gasteiger partial charge in [0.2, 0.25) is 5.89 Å². The lowest BCUT2D eigenvalue weighted by molar-refractivity contribution is 0.291. The Morgan fingerprint density at radius 3 is 2.84 bits per heavy atom. The summed E-state index contributed by atoms with van der Waals surface area (Å²) < 4.78 is 10.8. The van der Waals surface area contributed by atoms with Crippen LogP contribution in [-0.2, 0) is 6.42 Å². The Hall–Kier alpha value is -1.88. The van der Waals surface area contributed by atoms with E-state index >= 15 is 0 Å². The summed E-state index contributed by atoms with van der Waals surface area (Å²) in [6, 6.07) is 9.59. The van der Waals surface area contributed by atoms with Gasteiger partial charge in [0.15, 0.2) is 5.82 Å². The number of benzene rings is 1. The molecule has 0 radical (unpaired) electrons. The fraction of sp³-hybridized carbons (Fsp3) is 0.429. The molecule has 1 unspecified atom stereocenters. The number of rotatable bonds is 6. The van der Waals surface area contributed by atoms with Crippen LogP contribution >= 0.6 is 0 Å². The van der Waals surface area contributed by atoms with Crippen LogP contribution in [0.3, 0.4) is 0 Å². The predicted octanol–water partition coefficient (Wildman–Crippen LogP) is 2.10. The third kappa shape index (κ3) is 3.12. The molecule has 0 bridgehead atoms. The summed E-state index contributed by atoms with van der Waals surface area (Å²) in [7, 11) is 0. The van der Waals surface area contributed by atoms with Gasteiger partial charge in [-0.2, -0.15) is 4.98 Å². The van der Waals surface area contributed by atoms with Gasteiger partial charge in [-0.3, -0.25) is 0 Å². The molecule has 1 atom stereocenters. The van der Waals surface area contributed by atoms with Crippen molar-refractivity contribution in [2.45, 2.75) is 25.3 Å². The largest absolute Gasteiger partial charge is 0.493 e. The number of para-hydroxylation sites is 1. The molecule has 1 aromatic heterocycles. The Labute approximate surface area is 111 Å². The third-order valence-corrected chi connectivity index (χ3v) is 3.24. The highest BCUT2D eigenvalue weighted by Gasteiger charge is 2.32. The first-order valence-electron chi connectivity index (χ1n) is 6.59. The van der Waals surface area contributed by atoms with Crippen molar-refractivity contribution in [3.63, 3.8) is 0 Å². The summed E-state index contributed by atoms with van der Waals surface area (Å²) in [6.45, 7) is 0.518. The van der Waals surface area contributed by atoms with Gasteiger partial charge < -0.3 is 15.0 Å². The molecule has 2 N–H and O–H groups in total. The van der Waals surface area contributed by atoms with Crippen LogP contribution in [0.2, 0.25) is 0 Å². The lowest BCUT2D eigenvalue weighted by Gasteiger charge is -2.03. The van der Waals surface area contributed by atoms with E-state index in [1.807, 2.05) is 30.3 Å². The Morgan fingerprint density at radius 1 is 1.32 bits per heavy atom. The number of hydrogen-bond acceptors (Lipinski definition) is 5. The summed E-state index contributed by atoms with van der Waals surface area (Å²) in [5.41, 5.74) is 6.02. The second kappa shape index (κ2) is 5.40. The van der Waals surface area contributed by atoms with Crippen LogP contribution < -0.4 is 10.5 Å². The molecule has 0 spiro atoms. The first-order chi connectivity index (χ1) is 9.33. The number of nitrogens with zero attached hydrogens (tertiary/aromatic N) is 2. The van der Waals surface area contributed by atoms with Crippen LogP contribution in [0, 0.1) is 5.92 Å². The summed E-state index contributed by atoms with van der Waals surface area (Å²) in [5, 5.41) is 3.94. The fourth-order valence-electron chi connectivity index (χ4n) is 1.94. The molecule has 1 aliphatic carbocycles. The number of nitrogens with two attached hydrogens (primary N) is 1. The minimum atomic E-state index is -0.0764. The van der Waals surface area contributed by atoms with Gasteiger partial charge in [0.1, 0.15) is 5.75 Å². The van der Waals surface area contributed by atoms with Gasteiger partial charge in [-0.05, 0) is 30.9 Å². The van der Waals surface area contributed by atoms with E-state index in [2.05, 4.69) is 10.1 Å². The molecular formula is C14H17N3O2. The molecule has 5 heteroatoms. The van der Waals surface area contributed by atoms with Crippen molar-refractivity contribution in [2.24, 2.45) is 11.7 Å². The average molecular weight is 259 g/mol. The summed E-state index contributed by atoms with van der Waals surface area (Å²) in [4.78, 5) is 4.32. The second-order valence-corrected chi connectivity index (χ2v) is 4.82. The van der Waals surface area contributed by atoms with E-state index < -0.39 is 0 Å². The third-order valence-electron chi connectivity index (χ3n) is 3.24. The summed E-state index contributed by atoms with van der Waals surface area (Å²) in [5.74, 6) is 2.59.